The van der Waals surface area contributed by atoms with Gasteiger partial charge in [0.1, 0.15) is 0 Å². The maximum Gasteiger partial charge on any atom is 0.260 e. The molecule has 3 aromatic rings. The molecule has 0 aliphatic carbocycles. The topological polar surface area (TPSA) is 71.1 Å². The van der Waals surface area contributed by atoms with Crippen molar-refractivity contribution in [3.63, 3.8) is 0 Å². The third-order valence-corrected chi connectivity index (χ3v) is 4.68. The van der Waals surface area contributed by atoms with E-state index in [9.17, 15) is 4.79 Å². The smallest absolute Gasteiger partial charge is 0.260 e. The number of nitrogens with zero attached hydrogens (tertiary/aromatic N) is 3. The summed E-state index contributed by atoms with van der Waals surface area (Å²) >= 11 is 0. The van der Waals surface area contributed by atoms with Gasteiger partial charge in [-0.15, -0.1) is 0 Å². The minimum Gasteiger partial charge on any atom is -0.468 e. The summed E-state index contributed by atoms with van der Waals surface area (Å²) in [6.07, 6.45) is 5.35. The first-order valence-electron chi connectivity index (χ1n) is 8.55. The molecule has 0 aromatic carbocycles. The Morgan fingerprint density at radius 3 is 2.76 bits per heavy atom. The van der Waals surface area contributed by atoms with Gasteiger partial charge in [0.05, 0.1) is 11.0 Å². The molecule has 0 spiro atoms. The van der Waals surface area contributed by atoms with Crippen molar-refractivity contribution in [2.45, 2.75) is 18.8 Å². The number of carbonyl (C=O) groups excluding carboxylic acids is 1. The van der Waals surface area contributed by atoms with E-state index >= 15 is 0 Å². The molecule has 3 aromatic heterocycles. The Bertz CT molecular complexity index is 821. The monoisotopic (exact) mass is 336 g/mol. The van der Waals surface area contributed by atoms with Gasteiger partial charge in [-0.3, -0.25) is 9.78 Å². The summed E-state index contributed by atoms with van der Waals surface area (Å²) in [5.74, 6) is 0.939. The Morgan fingerprint density at radius 1 is 1.16 bits per heavy atom. The van der Waals surface area contributed by atoms with Crippen LogP contribution in [0.15, 0.2) is 48.8 Å². The predicted octanol–water partition coefficient (Wildman–Crippen LogP) is 2.74. The van der Waals surface area contributed by atoms with Crippen molar-refractivity contribution < 1.29 is 9.53 Å². The van der Waals surface area contributed by atoms with E-state index in [0.717, 1.165) is 37.0 Å². The summed E-state index contributed by atoms with van der Waals surface area (Å²) < 4.78 is 5.46. The zero-order valence-electron chi connectivity index (χ0n) is 13.9. The number of H-pyrrole nitrogens is 1. The van der Waals surface area contributed by atoms with Gasteiger partial charge in [0.2, 0.25) is 5.88 Å². The molecule has 0 bridgehead atoms. The highest BCUT2D eigenvalue weighted by Gasteiger charge is 2.25. The van der Waals surface area contributed by atoms with Gasteiger partial charge in [0.15, 0.2) is 6.61 Å². The summed E-state index contributed by atoms with van der Waals surface area (Å²) in [5.41, 5.74) is 3.28. The fourth-order valence-corrected chi connectivity index (χ4v) is 3.30. The minimum atomic E-state index is 0.0161. The molecule has 1 fully saturated rings. The number of aromatic nitrogens is 3. The lowest BCUT2D eigenvalue weighted by atomic mass is 9.93. The second-order valence-corrected chi connectivity index (χ2v) is 6.27. The molecule has 1 N–H and O–H groups in total. The van der Waals surface area contributed by atoms with Crippen LogP contribution >= 0.6 is 0 Å². The van der Waals surface area contributed by atoms with Crippen LogP contribution in [-0.4, -0.2) is 45.5 Å². The molecule has 0 radical (unpaired) electrons. The number of aromatic amines is 1. The lowest BCUT2D eigenvalue weighted by Gasteiger charge is -2.31. The molecular weight excluding hydrogens is 316 g/mol. The molecule has 128 valence electrons. The summed E-state index contributed by atoms with van der Waals surface area (Å²) in [6, 6.07) is 11.5. The van der Waals surface area contributed by atoms with Crippen molar-refractivity contribution in [2.75, 3.05) is 19.7 Å². The van der Waals surface area contributed by atoms with E-state index in [4.69, 9.17) is 4.74 Å². The first-order valence-corrected chi connectivity index (χ1v) is 8.55. The number of likely N-dealkylation sites (tertiary alicyclic amines) is 1. The van der Waals surface area contributed by atoms with E-state index in [1.54, 1.807) is 12.3 Å². The summed E-state index contributed by atoms with van der Waals surface area (Å²) in [5, 5.41) is 0. The fraction of sp³-hybridized carbons (Fsp3) is 0.316. The van der Waals surface area contributed by atoms with Crippen LogP contribution in [0.1, 0.15) is 24.5 Å². The van der Waals surface area contributed by atoms with Crippen LogP contribution in [-0.2, 0) is 4.79 Å². The largest absolute Gasteiger partial charge is 0.468 e. The van der Waals surface area contributed by atoms with Gasteiger partial charge in [0.25, 0.3) is 5.91 Å². The SMILES string of the molecule is O=C(COc1ccccn1)N1CCC(c2cc3ncccc3[nH]2)CC1. The highest BCUT2D eigenvalue weighted by Crippen LogP contribution is 2.29. The Kier molecular flexibility index (Phi) is 4.33. The molecule has 1 aliphatic heterocycles. The third-order valence-electron chi connectivity index (χ3n) is 4.68. The number of carbonyl (C=O) groups is 1. The van der Waals surface area contributed by atoms with Gasteiger partial charge in [-0.05, 0) is 37.1 Å². The predicted molar refractivity (Wildman–Crippen MR) is 94.4 cm³/mol. The molecule has 4 heterocycles. The van der Waals surface area contributed by atoms with Crippen LogP contribution < -0.4 is 4.74 Å². The maximum absolute atomic E-state index is 12.3. The van der Waals surface area contributed by atoms with E-state index in [1.165, 1.54) is 5.69 Å². The van der Waals surface area contributed by atoms with Gasteiger partial charge in [-0.2, -0.15) is 0 Å². The maximum atomic E-state index is 12.3. The van der Waals surface area contributed by atoms with Gasteiger partial charge < -0.3 is 14.6 Å². The second kappa shape index (κ2) is 6.93. The highest BCUT2D eigenvalue weighted by atomic mass is 16.5. The van der Waals surface area contributed by atoms with Crippen LogP contribution in [0.5, 0.6) is 5.88 Å². The number of piperidine rings is 1. The number of nitrogens with one attached hydrogen (secondary N) is 1. The molecule has 25 heavy (non-hydrogen) atoms. The van der Waals surface area contributed by atoms with Crippen LogP contribution in [0.2, 0.25) is 0 Å². The van der Waals surface area contributed by atoms with Gasteiger partial charge in [0, 0.05) is 43.2 Å². The van der Waals surface area contributed by atoms with E-state index in [0.29, 0.717) is 11.8 Å². The Morgan fingerprint density at radius 2 is 2.00 bits per heavy atom. The lowest BCUT2D eigenvalue weighted by Crippen LogP contribution is -2.40. The summed E-state index contributed by atoms with van der Waals surface area (Å²) in [7, 11) is 0. The molecule has 1 amide bonds. The number of hydrogen-bond donors (Lipinski definition) is 1. The van der Waals surface area contributed by atoms with Gasteiger partial charge in [-0.1, -0.05) is 6.07 Å². The number of pyridine rings is 2. The van der Waals surface area contributed by atoms with Crippen molar-refractivity contribution in [3.8, 4) is 5.88 Å². The van der Waals surface area contributed by atoms with Crippen LogP contribution in [0.25, 0.3) is 11.0 Å². The van der Waals surface area contributed by atoms with E-state index < -0.39 is 0 Å². The Balaban J connectivity index is 1.32. The van der Waals surface area contributed by atoms with Crippen LogP contribution in [0.4, 0.5) is 0 Å². The molecule has 0 atom stereocenters. The Labute approximate surface area is 145 Å². The molecule has 4 rings (SSSR count). The lowest BCUT2D eigenvalue weighted by molar-refractivity contribution is -0.134. The third kappa shape index (κ3) is 3.47. The average molecular weight is 336 g/mol. The van der Waals surface area contributed by atoms with Gasteiger partial charge in [-0.25, -0.2) is 4.98 Å². The van der Waals surface area contributed by atoms with E-state index in [2.05, 4.69) is 21.0 Å². The van der Waals surface area contributed by atoms with Gasteiger partial charge >= 0.3 is 0 Å². The normalized spacial score (nSPS) is 15.4. The zero-order chi connectivity index (χ0) is 17.1. The molecule has 0 saturated carbocycles. The zero-order valence-corrected chi connectivity index (χ0v) is 13.9. The average Bonchev–Trinajstić information content (AvgIpc) is 3.11. The number of amides is 1. The van der Waals surface area contributed by atoms with Crippen molar-refractivity contribution in [2.24, 2.45) is 0 Å². The number of rotatable bonds is 4. The number of hydrogen-bond acceptors (Lipinski definition) is 4. The van der Waals surface area contributed by atoms with Crippen molar-refractivity contribution in [1.29, 1.82) is 0 Å². The first-order chi connectivity index (χ1) is 12.3. The number of ether oxygens (including phenoxy) is 1. The van der Waals surface area contributed by atoms with Crippen molar-refractivity contribution >= 4 is 16.9 Å². The quantitative estimate of drug-likeness (QED) is 0.795. The molecule has 1 aliphatic rings. The van der Waals surface area contributed by atoms with Crippen LogP contribution in [0.3, 0.4) is 0 Å². The second-order valence-electron chi connectivity index (χ2n) is 6.27. The van der Waals surface area contributed by atoms with Crippen molar-refractivity contribution in [3.05, 3.63) is 54.5 Å². The van der Waals surface area contributed by atoms with Crippen molar-refractivity contribution in [1.82, 2.24) is 19.9 Å². The van der Waals surface area contributed by atoms with Crippen LogP contribution in [0, 0.1) is 0 Å². The molecular formula is C19H20N4O2. The molecule has 0 unspecified atom stereocenters. The summed E-state index contributed by atoms with van der Waals surface area (Å²) in [6.45, 7) is 1.54. The summed E-state index contributed by atoms with van der Waals surface area (Å²) in [4.78, 5) is 26.1. The standard InChI is InChI=1S/C19H20N4O2/c24-19(13-25-18-5-1-2-8-21-18)23-10-6-14(7-11-23)16-12-17-15(22-16)4-3-9-20-17/h1-5,8-9,12,14,22H,6-7,10-11,13H2. The van der Waals surface area contributed by atoms with E-state index in [-0.39, 0.29) is 12.5 Å². The minimum absolute atomic E-state index is 0.0161. The molecule has 6 nitrogen and oxygen atoms in total. The van der Waals surface area contributed by atoms with E-state index in [1.807, 2.05) is 35.4 Å². The first kappa shape index (κ1) is 15.6. The highest BCUT2D eigenvalue weighted by molar-refractivity contribution is 5.78. The molecule has 1 saturated heterocycles. The Hall–Kier alpha value is -2.89. The number of fused-ring (bicyclic) bond motifs is 1. The molecule has 6 heteroatoms. The fourth-order valence-electron chi connectivity index (χ4n) is 3.30.